The van der Waals surface area contributed by atoms with E-state index in [9.17, 15) is 5.02 Å². The van der Waals surface area contributed by atoms with Crippen LogP contribution >= 0.6 is 0 Å². The zero-order valence-corrected chi connectivity index (χ0v) is 9.92. The normalized spacial score (nSPS) is 11.0. The Labute approximate surface area is 101 Å². The highest BCUT2D eigenvalue weighted by Gasteiger charge is 2.25. The predicted octanol–water partition coefficient (Wildman–Crippen LogP) is -0.324. The molecule has 1 heterocycles. The molecule has 0 aliphatic rings. The van der Waals surface area contributed by atoms with Gasteiger partial charge in [0, 0.05) is 23.7 Å². The molecular weight excluding hydrogens is 219 g/mol. The standard InChI is InChI=1S/C11H15BN2O3/c1-11(2,7-15)8-17-12(16)9-4-3-5-14-10(9)6-13/h3-5,15-16H,7-8H2,1-2H3. The maximum atomic E-state index is 9.80. The Bertz CT molecular complexity index is 417. The van der Waals surface area contributed by atoms with Crippen LogP contribution in [0, 0.1) is 16.7 Å². The number of aliphatic hydroxyl groups excluding tert-OH is 1. The molecule has 0 radical (unpaired) electrons. The van der Waals surface area contributed by atoms with Crippen molar-refractivity contribution in [2.75, 3.05) is 13.2 Å². The Morgan fingerprint density at radius 1 is 1.59 bits per heavy atom. The lowest BCUT2D eigenvalue weighted by Crippen LogP contribution is -2.39. The van der Waals surface area contributed by atoms with Crippen molar-refractivity contribution in [1.29, 1.82) is 5.26 Å². The topological polar surface area (TPSA) is 86.4 Å². The summed E-state index contributed by atoms with van der Waals surface area (Å²) >= 11 is 0. The van der Waals surface area contributed by atoms with Gasteiger partial charge in [0.15, 0.2) is 0 Å². The molecule has 0 aliphatic heterocycles. The zero-order valence-electron chi connectivity index (χ0n) is 9.92. The van der Waals surface area contributed by atoms with Crippen LogP contribution in [0.3, 0.4) is 0 Å². The van der Waals surface area contributed by atoms with Gasteiger partial charge in [-0.15, -0.1) is 0 Å². The van der Waals surface area contributed by atoms with Crippen LogP contribution in [0.1, 0.15) is 19.5 Å². The second kappa shape index (κ2) is 5.78. The van der Waals surface area contributed by atoms with Gasteiger partial charge in [0.05, 0.1) is 6.61 Å². The molecule has 0 spiro atoms. The number of pyridine rings is 1. The van der Waals surface area contributed by atoms with Crippen LogP contribution in [0.15, 0.2) is 18.3 Å². The minimum Gasteiger partial charge on any atom is -0.423 e. The van der Waals surface area contributed by atoms with Gasteiger partial charge < -0.3 is 14.8 Å². The SMILES string of the molecule is CC(C)(CO)COB(O)c1cccnc1C#N. The third kappa shape index (κ3) is 3.82. The summed E-state index contributed by atoms with van der Waals surface area (Å²) in [5.74, 6) is 0. The third-order valence-corrected chi connectivity index (χ3v) is 2.27. The zero-order chi connectivity index (χ0) is 12.9. The quantitative estimate of drug-likeness (QED) is 0.681. The Hall–Kier alpha value is -1.42. The first-order chi connectivity index (χ1) is 8.00. The van der Waals surface area contributed by atoms with Crippen molar-refractivity contribution < 1.29 is 14.8 Å². The van der Waals surface area contributed by atoms with E-state index in [2.05, 4.69) is 4.98 Å². The summed E-state index contributed by atoms with van der Waals surface area (Å²) in [6.45, 7) is 3.77. The maximum absolute atomic E-state index is 9.80. The highest BCUT2D eigenvalue weighted by Crippen LogP contribution is 2.13. The van der Waals surface area contributed by atoms with Crippen LogP contribution in [0.5, 0.6) is 0 Å². The average Bonchev–Trinajstić information content (AvgIpc) is 2.36. The van der Waals surface area contributed by atoms with E-state index in [4.69, 9.17) is 15.0 Å². The molecule has 0 unspecified atom stereocenters. The van der Waals surface area contributed by atoms with Crippen molar-refractivity contribution in [2.45, 2.75) is 13.8 Å². The molecule has 1 aromatic rings. The molecule has 0 atom stereocenters. The summed E-state index contributed by atoms with van der Waals surface area (Å²) in [6, 6.07) is 5.10. The van der Waals surface area contributed by atoms with E-state index in [0.717, 1.165) is 0 Å². The van der Waals surface area contributed by atoms with Crippen molar-refractivity contribution in [3.8, 4) is 6.07 Å². The van der Waals surface area contributed by atoms with Gasteiger partial charge in [-0.05, 0) is 6.07 Å². The Balaban J connectivity index is 2.71. The van der Waals surface area contributed by atoms with Gasteiger partial charge in [-0.3, -0.25) is 0 Å². The van der Waals surface area contributed by atoms with E-state index >= 15 is 0 Å². The van der Waals surface area contributed by atoms with Gasteiger partial charge in [0.25, 0.3) is 0 Å². The number of nitrogens with zero attached hydrogens (tertiary/aromatic N) is 2. The summed E-state index contributed by atoms with van der Waals surface area (Å²) < 4.78 is 5.23. The van der Waals surface area contributed by atoms with Crippen molar-refractivity contribution in [3.05, 3.63) is 24.0 Å². The van der Waals surface area contributed by atoms with E-state index in [1.165, 1.54) is 6.20 Å². The van der Waals surface area contributed by atoms with E-state index < -0.39 is 12.5 Å². The molecule has 0 amide bonds. The smallest absolute Gasteiger partial charge is 0.423 e. The Kier molecular flexibility index (Phi) is 4.64. The maximum Gasteiger partial charge on any atom is 0.494 e. The first-order valence-corrected chi connectivity index (χ1v) is 5.26. The fourth-order valence-corrected chi connectivity index (χ4v) is 1.15. The van der Waals surface area contributed by atoms with Crippen LogP contribution in [-0.4, -0.2) is 35.4 Å². The lowest BCUT2D eigenvalue weighted by Gasteiger charge is -2.22. The van der Waals surface area contributed by atoms with Crippen molar-refractivity contribution >= 4 is 12.6 Å². The minimum absolute atomic E-state index is 0.0438. The van der Waals surface area contributed by atoms with E-state index in [1.54, 1.807) is 12.1 Å². The van der Waals surface area contributed by atoms with E-state index in [1.807, 2.05) is 19.9 Å². The Morgan fingerprint density at radius 2 is 2.29 bits per heavy atom. The van der Waals surface area contributed by atoms with Crippen molar-refractivity contribution in [1.82, 2.24) is 4.98 Å². The van der Waals surface area contributed by atoms with Crippen LogP contribution < -0.4 is 5.46 Å². The van der Waals surface area contributed by atoms with Crippen molar-refractivity contribution in [3.63, 3.8) is 0 Å². The molecule has 0 fully saturated rings. The van der Waals surface area contributed by atoms with Crippen LogP contribution in [0.2, 0.25) is 0 Å². The fourth-order valence-electron chi connectivity index (χ4n) is 1.15. The molecule has 0 saturated carbocycles. The largest absolute Gasteiger partial charge is 0.494 e. The highest BCUT2D eigenvalue weighted by atomic mass is 16.5. The molecule has 17 heavy (non-hydrogen) atoms. The molecule has 0 bridgehead atoms. The lowest BCUT2D eigenvalue weighted by atomic mass is 9.78. The second-order valence-corrected chi connectivity index (χ2v) is 4.54. The van der Waals surface area contributed by atoms with Crippen LogP contribution in [0.4, 0.5) is 0 Å². The number of rotatable bonds is 5. The number of nitriles is 1. The number of aromatic nitrogens is 1. The number of hydrogen-bond acceptors (Lipinski definition) is 5. The van der Waals surface area contributed by atoms with Gasteiger partial charge in [0.2, 0.25) is 0 Å². The summed E-state index contributed by atoms with van der Waals surface area (Å²) in [5, 5.41) is 27.7. The summed E-state index contributed by atoms with van der Waals surface area (Å²) in [4.78, 5) is 3.83. The molecule has 1 aromatic heterocycles. The second-order valence-electron chi connectivity index (χ2n) is 4.54. The van der Waals surface area contributed by atoms with Crippen LogP contribution in [-0.2, 0) is 4.65 Å². The highest BCUT2D eigenvalue weighted by molar-refractivity contribution is 6.60. The van der Waals surface area contributed by atoms with Crippen LogP contribution in [0.25, 0.3) is 0 Å². The molecule has 2 N–H and O–H groups in total. The molecule has 6 heteroatoms. The minimum atomic E-state index is -1.20. The predicted molar refractivity (Wildman–Crippen MR) is 63.4 cm³/mol. The molecule has 90 valence electrons. The molecule has 0 saturated heterocycles. The number of aliphatic hydroxyl groups is 1. The summed E-state index contributed by atoms with van der Waals surface area (Å²) in [6.07, 6.45) is 1.48. The number of hydrogen-bond donors (Lipinski definition) is 2. The van der Waals surface area contributed by atoms with Crippen molar-refractivity contribution in [2.24, 2.45) is 5.41 Å². The Morgan fingerprint density at radius 3 is 2.88 bits per heavy atom. The van der Waals surface area contributed by atoms with E-state index in [-0.39, 0.29) is 18.9 Å². The molecule has 1 rings (SSSR count). The van der Waals surface area contributed by atoms with E-state index in [0.29, 0.717) is 5.46 Å². The monoisotopic (exact) mass is 234 g/mol. The first kappa shape index (κ1) is 13.6. The summed E-state index contributed by atoms with van der Waals surface area (Å²) in [7, 11) is -1.20. The fraction of sp³-hybridized carbons (Fsp3) is 0.455. The van der Waals surface area contributed by atoms with Gasteiger partial charge in [-0.25, -0.2) is 4.98 Å². The van der Waals surface area contributed by atoms with Gasteiger partial charge in [0.1, 0.15) is 11.8 Å². The summed E-state index contributed by atoms with van der Waals surface area (Å²) in [5.41, 5.74) is 0.0428. The average molecular weight is 234 g/mol. The van der Waals surface area contributed by atoms with Gasteiger partial charge in [-0.2, -0.15) is 5.26 Å². The molecule has 5 nitrogen and oxygen atoms in total. The third-order valence-electron chi connectivity index (χ3n) is 2.27. The first-order valence-electron chi connectivity index (χ1n) is 5.26. The molecular formula is C11H15BN2O3. The molecule has 0 aliphatic carbocycles. The van der Waals surface area contributed by atoms with Gasteiger partial charge >= 0.3 is 7.12 Å². The molecule has 0 aromatic carbocycles. The van der Waals surface area contributed by atoms with Gasteiger partial charge in [-0.1, -0.05) is 19.9 Å². The lowest BCUT2D eigenvalue weighted by molar-refractivity contribution is 0.0886.